The van der Waals surface area contributed by atoms with E-state index in [0.29, 0.717) is 0 Å². The highest BCUT2D eigenvalue weighted by Gasteiger charge is 2.25. The molecule has 1 heterocycles. The Hall–Kier alpha value is -0.700. The Morgan fingerprint density at radius 3 is 3.00 bits per heavy atom. The van der Waals surface area contributed by atoms with Crippen LogP contribution in [0.1, 0.15) is 12.8 Å². The minimum atomic E-state index is 0.895. The minimum absolute atomic E-state index is 0.895. The summed E-state index contributed by atoms with van der Waals surface area (Å²) in [6.45, 7) is 2.00. The smallest absolute Gasteiger partial charge is 0.110 e. The Bertz CT molecular complexity index is 160. The first kappa shape index (κ1) is 6.04. The molecule has 0 unspecified atom stereocenters. The maximum atomic E-state index is 5.68. The highest BCUT2D eigenvalue weighted by Crippen LogP contribution is 2.30. The molecule has 0 radical (unpaired) electrons. The zero-order valence-corrected chi connectivity index (χ0v) is 6.01. The van der Waals surface area contributed by atoms with Crippen molar-refractivity contribution in [2.45, 2.75) is 12.8 Å². The molecule has 0 saturated heterocycles. The van der Waals surface area contributed by atoms with Crippen LogP contribution in [0.5, 0.6) is 0 Å². The van der Waals surface area contributed by atoms with Crippen LogP contribution in [0.15, 0.2) is 11.9 Å². The van der Waals surface area contributed by atoms with Crippen LogP contribution >= 0.6 is 0 Å². The van der Waals surface area contributed by atoms with E-state index in [1.54, 1.807) is 0 Å². The second-order valence-electron chi connectivity index (χ2n) is 3.05. The van der Waals surface area contributed by atoms with E-state index in [1.165, 1.54) is 12.8 Å². The minimum Gasteiger partial charge on any atom is -0.385 e. The summed E-state index contributed by atoms with van der Waals surface area (Å²) in [7, 11) is 0. The van der Waals surface area contributed by atoms with Gasteiger partial charge >= 0.3 is 0 Å². The van der Waals surface area contributed by atoms with Gasteiger partial charge in [-0.2, -0.15) is 0 Å². The van der Waals surface area contributed by atoms with Crippen LogP contribution in [0.2, 0.25) is 0 Å². The Morgan fingerprint density at radius 1 is 1.70 bits per heavy atom. The third-order valence-electron chi connectivity index (χ3n) is 2.04. The van der Waals surface area contributed by atoms with E-state index >= 15 is 0 Å². The lowest BCUT2D eigenvalue weighted by atomic mass is 10.4. The van der Waals surface area contributed by atoms with Gasteiger partial charge in [-0.05, 0) is 24.8 Å². The first-order valence-electron chi connectivity index (χ1n) is 3.83. The predicted molar refractivity (Wildman–Crippen MR) is 39.7 cm³/mol. The molecule has 0 amide bonds. The van der Waals surface area contributed by atoms with Crippen LogP contribution in [-0.2, 0) is 0 Å². The number of hydrogen-bond donors (Lipinski definition) is 2. The number of hydrazine groups is 1. The molecule has 1 aliphatic carbocycles. The lowest BCUT2D eigenvalue weighted by Crippen LogP contribution is -2.36. The summed E-state index contributed by atoms with van der Waals surface area (Å²) >= 11 is 0. The van der Waals surface area contributed by atoms with Crippen molar-refractivity contribution in [2.75, 3.05) is 13.1 Å². The Morgan fingerprint density at radius 2 is 2.50 bits per heavy atom. The van der Waals surface area contributed by atoms with Crippen molar-refractivity contribution in [1.29, 1.82) is 0 Å². The molecule has 0 bridgehead atoms. The van der Waals surface area contributed by atoms with Crippen molar-refractivity contribution in [2.24, 2.45) is 11.7 Å². The van der Waals surface area contributed by atoms with Gasteiger partial charge in [0.25, 0.3) is 0 Å². The standard InChI is InChI=1S/C7H13N3/c8-7-3-4-9-10(7)5-6-1-2-6/h3,6,9H,1-2,4-5,8H2. The zero-order chi connectivity index (χ0) is 6.97. The van der Waals surface area contributed by atoms with E-state index in [1.807, 2.05) is 6.08 Å². The molecule has 3 nitrogen and oxygen atoms in total. The first-order chi connectivity index (χ1) is 4.86. The molecule has 0 aromatic rings. The number of rotatable bonds is 2. The number of nitrogens with zero attached hydrogens (tertiary/aromatic N) is 1. The van der Waals surface area contributed by atoms with Crippen molar-refractivity contribution in [3.8, 4) is 0 Å². The van der Waals surface area contributed by atoms with Crippen LogP contribution in [-0.4, -0.2) is 18.1 Å². The molecule has 3 heteroatoms. The van der Waals surface area contributed by atoms with E-state index in [9.17, 15) is 0 Å². The topological polar surface area (TPSA) is 41.3 Å². The fourth-order valence-electron chi connectivity index (χ4n) is 1.19. The summed E-state index contributed by atoms with van der Waals surface area (Å²) < 4.78 is 0. The van der Waals surface area contributed by atoms with E-state index in [0.717, 1.165) is 24.8 Å². The Kier molecular flexibility index (Phi) is 1.31. The molecule has 1 aliphatic heterocycles. The average Bonchev–Trinajstić information content (AvgIpc) is 2.62. The van der Waals surface area contributed by atoms with E-state index in [-0.39, 0.29) is 0 Å². The second kappa shape index (κ2) is 2.16. The van der Waals surface area contributed by atoms with Crippen molar-refractivity contribution in [1.82, 2.24) is 10.4 Å². The molecular weight excluding hydrogens is 126 g/mol. The first-order valence-corrected chi connectivity index (χ1v) is 3.83. The molecule has 3 N–H and O–H groups in total. The van der Waals surface area contributed by atoms with Crippen LogP contribution in [0, 0.1) is 5.92 Å². The van der Waals surface area contributed by atoms with Crippen molar-refractivity contribution in [3.63, 3.8) is 0 Å². The van der Waals surface area contributed by atoms with Crippen molar-refractivity contribution >= 4 is 0 Å². The summed E-state index contributed by atoms with van der Waals surface area (Å²) in [6.07, 6.45) is 4.78. The molecule has 56 valence electrons. The summed E-state index contributed by atoms with van der Waals surface area (Å²) in [4.78, 5) is 0. The monoisotopic (exact) mass is 139 g/mol. The Labute approximate surface area is 60.8 Å². The molecule has 1 saturated carbocycles. The van der Waals surface area contributed by atoms with Gasteiger partial charge in [0.05, 0.1) is 0 Å². The van der Waals surface area contributed by atoms with E-state index in [2.05, 4.69) is 10.4 Å². The molecule has 0 spiro atoms. The van der Waals surface area contributed by atoms with E-state index in [4.69, 9.17) is 5.73 Å². The lowest BCUT2D eigenvalue weighted by molar-refractivity contribution is 0.268. The number of hydrogen-bond acceptors (Lipinski definition) is 3. The predicted octanol–water partition coefficient (Wildman–Crippen LogP) is 0.0167. The highest BCUT2D eigenvalue weighted by molar-refractivity contribution is 5.02. The third kappa shape index (κ3) is 1.09. The zero-order valence-electron chi connectivity index (χ0n) is 6.01. The summed E-state index contributed by atoms with van der Waals surface area (Å²) in [5, 5.41) is 2.05. The van der Waals surface area contributed by atoms with Crippen LogP contribution in [0.25, 0.3) is 0 Å². The molecule has 10 heavy (non-hydrogen) atoms. The van der Waals surface area contributed by atoms with Gasteiger partial charge in [-0.15, -0.1) is 0 Å². The van der Waals surface area contributed by atoms with Gasteiger partial charge < -0.3 is 5.73 Å². The largest absolute Gasteiger partial charge is 0.385 e. The molecule has 1 fully saturated rings. The maximum Gasteiger partial charge on any atom is 0.110 e. The summed E-state index contributed by atoms with van der Waals surface area (Å²) in [5.41, 5.74) is 8.87. The summed E-state index contributed by atoms with van der Waals surface area (Å²) in [6, 6.07) is 0. The molecule has 0 atom stereocenters. The van der Waals surface area contributed by atoms with Gasteiger partial charge in [-0.1, -0.05) is 0 Å². The lowest BCUT2D eigenvalue weighted by Gasteiger charge is -2.18. The SMILES string of the molecule is NC1=CCNN1CC1CC1. The molecule has 0 aromatic heterocycles. The van der Waals surface area contributed by atoms with Gasteiger partial charge in [0, 0.05) is 13.1 Å². The maximum absolute atomic E-state index is 5.68. The fourth-order valence-corrected chi connectivity index (χ4v) is 1.19. The van der Waals surface area contributed by atoms with E-state index < -0.39 is 0 Å². The molecular formula is C7H13N3. The van der Waals surface area contributed by atoms with Gasteiger partial charge in [-0.25, -0.2) is 5.43 Å². The van der Waals surface area contributed by atoms with Gasteiger partial charge in [0.15, 0.2) is 0 Å². The third-order valence-corrected chi connectivity index (χ3v) is 2.04. The van der Waals surface area contributed by atoms with Crippen LogP contribution in [0.3, 0.4) is 0 Å². The van der Waals surface area contributed by atoms with Gasteiger partial charge in [0.1, 0.15) is 5.82 Å². The van der Waals surface area contributed by atoms with Crippen molar-refractivity contribution in [3.05, 3.63) is 11.9 Å². The quantitative estimate of drug-likeness (QED) is 0.566. The number of nitrogens with two attached hydrogens (primary N) is 1. The van der Waals surface area contributed by atoms with Gasteiger partial charge in [0.2, 0.25) is 0 Å². The Balaban J connectivity index is 1.86. The van der Waals surface area contributed by atoms with Crippen LogP contribution in [0.4, 0.5) is 0 Å². The summed E-state index contributed by atoms with van der Waals surface area (Å²) in [5.74, 6) is 1.80. The highest BCUT2D eigenvalue weighted by atomic mass is 15.5. The molecule has 2 rings (SSSR count). The molecule has 2 aliphatic rings. The number of nitrogens with one attached hydrogen (secondary N) is 1. The molecule has 0 aromatic carbocycles. The average molecular weight is 139 g/mol. The normalized spacial score (nSPS) is 25.2. The second-order valence-corrected chi connectivity index (χ2v) is 3.05. The fraction of sp³-hybridized carbons (Fsp3) is 0.714. The van der Waals surface area contributed by atoms with Gasteiger partial charge in [-0.3, -0.25) is 5.01 Å². The van der Waals surface area contributed by atoms with Crippen LogP contribution < -0.4 is 11.2 Å². The van der Waals surface area contributed by atoms with Crippen molar-refractivity contribution < 1.29 is 0 Å².